The van der Waals surface area contributed by atoms with Crippen LogP contribution in [0.25, 0.3) is 10.9 Å². The Labute approximate surface area is 207 Å². The summed E-state index contributed by atoms with van der Waals surface area (Å²) in [5.74, 6) is 1.34. The summed E-state index contributed by atoms with van der Waals surface area (Å²) in [4.78, 5) is 22.4. The first-order valence-electron chi connectivity index (χ1n) is 12.9. The van der Waals surface area contributed by atoms with E-state index in [0.29, 0.717) is 23.8 Å². The molecule has 0 radical (unpaired) electrons. The normalized spacial score (nSPS) is 19.4. The average molecular weight is 474 g/mol. The number of para-hydroxylation sites is 2. The molecule has 0 aliphatic carbocycles. The van der Waals surface area contributed by atoms with Gasteiger partial charge in [-0.25, -0.2) is 0 Å². The van der Waals surface area contributed by atoms with Crippen LogP contribution >= 0.6 is 0 Å². The largest absolute Gasteiger partial charge is 0.491 e. The van der Waals surface area contributed by atoms with E-state index in [4.69, 9.17) is 9.47 Å². The predicted molar refractivity (Wildman–Crippen MR) is 138 cm³/mol. The van der Waals surface area contributed by atoms with Crippen LogP contribution in [-0.4, -0.2) is 73.2 Å². The van der Waals surface area contributed by atoms with Gasteiger partial charge in [-0.15, -0.1) is 0 Å². The van der Waals surface area contributed by atoms with Crippen LogP contribution in [0, 0.1) is 5.92 Å². The second-order valence-electron chi connectivity index (χ2n) is 9.58. The topological polar surface area (TPSA) is 54.9 Å². The van der Waals surface area contributed by atoms with Crippen LogP contribution in [0.2, 0.25) is 0 Å². The van der Waals surface area contributed by atoms with Crippen molar-refractivity contribution in [3.05, 3.63) is 71.9 Å². The molecular formula is C29H35N3O3. The molecule has 1 amide bonds. The van der Waals surface area contributed by atoms with Crippen molar-refractivity contribution in [1.82, 2.24) is 14.8 Å². The summed E-state index contributed by atoms with van der Waals surface area (Å²) in [6, 6.07) is 18.2. The number of hydrogen-bond donors (Lipinski definition) is 0. The van der Waals surface area contributed by atoms with Crippen LogP contribution in [0.1, 0.15) is 35.2 Å². The quantitative estimate of drug-likeness (QED) is 0.508. The second kappa shape index (κ2) is 11.6. The Morgan fingerprint density at radius 3 is 2.71 bits per heavy atom. The molecule has 1 aromatic heterocycles. The van der Waals surface area contributed by atoms with Crippen molar-refractivity contribution in [2.24, 2.45) is 5.92 Å². The summed E-state index contributed by atoms with van der Waals surface area (Å²) >= 11 is 0. The molecule has 2 aliphatic rings. The molecule has 3 aromatic rings. The molecule has 6 heteroatoms. The zero-order chi connectivity index (χ0) is 23.9. The molecule has 2 aliphatic heterocycles. The highest BCUT2D eigenvalue weighted by atomic mass is 16.5. The second-order valence-corrected chi connectivity index (χ2v) is 9.58. The van der Waals surface area contributed by atoms with Crippen LogP contribution in [0.3, 0.4) is 0 Å². The van der Waals surface area contributed by atoms with Crippen molar-refractivity contribution in [2.45, 2.75) is 25.7 Å². The third-order valence-corrected chi connectivity index (χ3v) is 7.27. The number of rotatable bonds is 7. The van der Waals surface area contributed by atoms with Gasteiger partial charge >= 0.3 is 0 Å². The summed E-state index contributed by atoms with van der Waals surface area (Å²) in [5.41, 5.74) is 3.09. The molecule has 3 heterocycles. The van der Waals surface area contributed by atoms with E-state index in [2.05, 4.69) is 34.1 Å². The zero-order valence-corrected chi connectivity index (χ0v) is 20.4. The van der Waals surface area contributed by atoms with Gasteiger partial charge in [-0.2, -0.15) is 0 Å². The summed E-state index contributed by atoms with van der Waals surface area (Å²) in [5, 5.41) is 1.25. The first-order chi connectivity index (χ1) is 17.3. The van der Waals surface area contributed by atoms with Crippen LogP contribution in [0.5, 0.6) is 5.75 Å². The number of carbonyl (C=O) groups excluding carboxylic acids is 1. The van der Waals surface area contributed by atoms with Crippen LogP contribution in [0.4, 0.5) is 0 Å². The molecule has 1 atom stereocenters. The van der Waals surface area contributed by atoms with Gasteiger partial charge in [0.2, 0.25) is 0 Å². The number of benzene rings is 2. The fourth-order valence-corrected chi connectivity index (χ4v) is 5.27. The van der Waals surface area contributed by atoms with Gasteiger partial charge in [0.05, 0.1) is 24.3 Å². The van der Waals surface area contributed by atoms with Gasteiger partial charge in [-0.1, -0.05) is 30.3 Å². The third-order valence-electron chi connectivity index (χ3n) is 7.27. The van der Waals surface area contributed by atoms with Gasteiger partial charge in [0, 0.05) is 44.3 Å². The van der Waals surface area contributed by atoms with Crippen molar-refractivity contribution in [2.75, 3.05) is 52.5 Å². The van der Waals surface area contributed by atoms with Gasteiger partial charge in [-0.3, -0.25) is 14.7 Å². The van der Waals surface area contributed by atoms with Crippen molar-refractivity contribution in [3.8, 4) is 5.75 Å². The molecule has 2 fully saturated rings. The lowest BCUT2D eigenvalue weighted by molar-refractivity contribution is 0.0321. The minimum absolute atomic E-state index is 0.0852. The van der Waals surface area contributed by atoms with Gasteiger partial charge in [0.15, 0.2) is 0 Å². The number of pyridine rings is 1. The number of hydrogen-bond acceptors (Lipinski definition) is 5. The van der Waals surface area contributed by atoms with Crippen molar-refractivity contribution in [3.63, 3.8) is 0 Å². The molecule has 6 nitrogen and oxygen atoms in total. The van der Waals surface area contributed by atoms with E-state index >= 15 is 0 Å². The van der Waals surface area contributed by atoms with E-state index in [1.54, 1.807) is 0 Å². The lowest BCUT2D eigenvalue weighted by Crippen LogP contribution is -2.38. The van der Waals surface area contributed by atoms with Crippen molar-refractivity contribution < 1.29 is 14.3 Å². The molecule has 0 spiro atoms. The van der Waals surface area contributed by atoms with Gasteiger partial charge in [0.25, 0.3) is 5.91 Å². The SMILES string of the molecule is O=C(c1ccccc1OCCN1CCOCC1)N1CCC[C@H](Cc2ccnc3ccccc23)CC1. The van der Waals surface area contributed by atoms with E-state index in [9.17, 15) is 4.79 Å². The first kappa shape index (κ1) is 23.8. The van der Waals surface area contributed by atoms with Crippen molar-refractivity contribution >= 4 is 16.8 Å². The fourth-order valence-electron chi connectivity index (χ4n) is 5.27. The molecule has 0 saturated carbocycles. The molecule has 35 heavy (non-hydrogen) atoms. The highest BCUT2D eigenvalue weighted by Gasteiger charge is 2.24. The summed E-state index contributed by atoms with van der Waals surface area (Å²) < 4.78 is 11.5. The smallest absolute Gasteiger partial charge is 0.257 e. The number of aromatic nitrogens is 1. The van der Waals surface area contributed by atoms with E-state index < -0.39 is 0 Å². The number of carbonyl (C=O) groups is 1. The number of ether oxygens (including phenoxy) is 2. The molecule has 0 N–H and O–H groups in total. The van der Waals surface area contributed by atoms with Crippen LogP contribution in [-0.2, 0) is 11.2 Å². The third kappa shape index (κ3) is 6.00. The van der Waals surface area contributed by atoms with E-state index in [1.165, 1.54) is 10.9 Å². The minimum atomic E-state index is 0.0852. The maximum Gasteiger partial charge on any atom is 0.257 e. The Balaban J connectivity index is 1.19. The van der Waals surface area contributed by atoms with Crippen LogP contribution < -0.4 is 4.74 Å². The average Bonchev–Trinajstić information content (AvgIpc) is 3.15. The monoisotopic (exact) mass is 473 g/mol. The van der Waals surface area contributed by atoms with Gasteiger partial charge in [-0.05, 0) is 61.4 Å². The van der Waals surface area contributed by atoms with E-state index in [0.717, 1.165) is 77.1 Å². The standard InChI is InChI=1S/C29H35N3O3/c33-29(26-8-2-4-10-28(26)35-21-18-31-16-19-34-20-17-31)32-14-5-6-23(12-15-32)22-24-11-13-30-27-9-3-1-7-25(24)27/h1-4,7-11,13,23H,5-6,12,14-22H2/t23-/m0/s1. The number of morpholine rings is 1. The zero-order valence-electron chi connectivity index (χ0n) is 20.4. The summed E-state index contributed by atoms with van der Waals surface area (Å²) in [6.07, 6.45) is 6.13. The number of amides is 1. The minimum Gasteiger partial charge on any atom is -0.491 e. The predicted octanol–water partition coefficient (Wildman–Crippen LogP) is 4.43. The highest BCUT2D eigenvalue weighted by Crippen LogP contribution is 2.27. The summed E-state index contributed by atoms with van der Waals surface area (Å²) in [6.45, 7) is 6.45. The van der Waals surface area contributed by atoms with Crippen molar-refractivity contribution in [1.29, 1.82) is 0 Å². The Hall–Kier alpha value is -2.96. The van der Waals surface area contributed by atoms with Crippen LogP contribution in [0.15, 0.2) is 60.8 Å². The Morgan fingerprint density at radius 1 is 0.971 bits per heavy atom. The molecule has 2 saturated heterocycles. The van der Waals surface area contributed by atoms with Gasteiger partial charge < -0.3 is 14.4 Å². The first-order valence-corrected chi connectivity index (χ1v) is 12.9. The van der Waals surface area contributed by atoms with E-state index in [-0.39, 0.29) is 5.91 Å². The highest BCUT2D eigenvalue weighted by molar-refractivity contribution is 5.97. The number of nitrogens with zero attached hydrogens (tertiary/aromatic N) is 3. The Bertz CT molecular complexity index is 1120. The number of likely N-dealkylation sites (tertiary alicyclic amines) is 1. The maximum atomic E-state index is 13.5. The van der Waals surface area contributed by atoms with E-state index in [1.807, 2.05) is 41.4 Å². The lowest BCUT2D eigenvalue weighted by atomic mass is 9.91. The molecule has 5 rings (SSSR count). The van der Waals surface area contributed by atoms with Gasteiger partial charge in [0.1, 0.15) is 12.4 Å². The molecule has 0 unspecified atom stereocenters. The summed E-state index contributed by atoms with van der Waals surface area (Å²) in [7, 11) is 0. The maximum absolute atomic E-state index is 13.5. The lowest BCUT2D eigenvalue weighted by Gasteiger charge is -2.26. The Kier molecular flexibility index (Phi) is 7.91. The Morgan fingerprint density at radius 2 is 1.80 bits per heavy atom. The molecule has 2 aromatic carbocycles. The molecule has 0 bridgehead atoms. The number of fused-ring (bicyclic) bond motifs is 1. The fraction of sp³-hybridized carbons (Fsp3) is 0.448. The molecular weight excluding hydrogens is 438 g/mol. The molecule has 184 valence electrons.